The Hall–Kier alpha value is -3.88. The molecule has 0 aliphatic rings. The number of nitrogens with zero attached hydrogens (tertiary/aromatic N) is 2. The number of ether oxygens (including phenoxy) is 1. The van der Waals surface area contributed by atoms with Crippen LogP contribution < -0.4 is 10.6 Å². The molecule has 29 heavy (non-hydrogen) atoms. The molecule has 3 rings (SSSR count). The van der Waals surface area contributed by atoms with Crippen molar-refractivity contribution in [1.82, 2.24) is 9.97 Å². The summed E-state index contributed by atoms with van der Waals surface area (Å²) in [5.74, 6) is -2.81. The van der Waals surface area contributed by atoms with Crippen LogP contribution in [0.15, 0.2) is 54.9 Å². The number of benzene rings is 2. The molecule has 9 heteroatoms. The summed E-state index contributed by atoms with van der Waals surface area (Å²) < 4.78 is 32.3. The van der Waals surface area contributed by atoms with Crippen molar-refractivity contribution in [2.45, 2.75) is 6.92 Å². The first kappa shape index (κ1) is 19.9. The van der Waals surface area contributed by atoms with E-state index in [9.17, 15) is 18.4 Å². The first-order valence-electron chi connectivity index (χ1n) is 8.60. The molecule has 2 aromatic carbocycles. The Morgan fingerprint density at radius 3 is 2.31 bits per heavy atom. The zero-order chi connectivity index (χ0) is 20.8. The number of hydrogen-bond acceptors (Lipinski definition) is 6. The summed E-state index contributed by atoms with van der Waals surface area (Å²) in [6, 6.07) is 9.81. The summed E-state index contributed by atoms with van der Waals surface area (Å²) in [5.41, 5.74) is 0.166. The second-order valence-corrected chi connectivity index (χ2v) is 5.74. The smallest absolute Gasteiger partial charge is 0.340 e. The van der Waals surface area contributed by atoms with Gasteiger partial charge in [0.1, 0.15) is 17.3 Å². The molecule has 1 aromatic heterocycles. The maximum atomic E-state index is 13.7. The van der Waals surface area contributed by atoms with E-state index in [4.69, 9.17) is 4.74 Å². The Labute approximate surface area is 164 Å². The second-order valence-electron chi connectivity index (χ2n) is 5.74. The number of carbonyl (C=O) groups is 2. The SMILES string of the molecule is CCOC(=O)c1ccccc1NC(=O)c1cnc(Nc2c(F)cccc2F)nc1. The molecule has 1 amide bonds. The molecule has 0 unspecified atom stereocenters. The van der Waals surface area contributed by atoms with Crippen LogP contribution in [-0.2, 0) is 4.74 Å². The second kappa shape index (κ2) is 8.87. The number of esters is 1. The highest BCUT2D eigenvalue weighted by molar-refractivity contribution is 6.07. The maximum Gasteiger partial charge on any atom is 0.340 e. The van der Waals surface area contributed by atoms with E-state index in [2.05, 4.69) is 20.6 Å². The van der Waals surface area contributed by atoms with Crippen molar-refractivity contribution in [3.8, 4) is 0 Å². The number of aromatic nitrogens is 2. The van der Waals surface area contributed by atoms with Crippen molar-refractivity contribution in [3.63, 3.8) is 0 Å². The molecule has 0 saturated heterocycles. The molecule has 0 bridgehead atoms. The lowest BCUT2D eigenvalue weighted by Gasteiger charge is -2.10. The van der Waals surface area contributed by atoms with Gasteiger partial charge in [0, 0.05) is 12.4 Å². The van der Waals surface area contributed by atoms with E-state index in [1.54, 1.807) is 25.1 Å². The Balaban J connectivity index is 1.74. The highest BCUT2D eigenvalue weighted by atomic mass is 19.1. The van der Waals surface area contributed by atoms with Crippen LogP contribution in [0.25, 0.3) is 0 Å². The topological polar surface area (TPSA) is 93.2 Å². The number of amides is 1. The van der Waals surface area contributed by atoms with E-state index in [0.29, 0.717) is 0 Å². The van der Waals surface area contributed by atoms with Gasteiger partial charge in [-0.3, -0.25) is 4.79 Å². The average Bonchev–Trinajstić information content (AvgIpc) is 2.72. The van der Waals surface area contributed by atoms with E-state index in [1.807, 2.05) is 0 Å². The minimum atomic E-state index is -0.800. The molecule has 0 aliphatic heterocycles. The van der Waals surface area contributed by atoms with Gasteiger partial charge >= 0.3 is 5.97 Å². The van der Waals surface area contributed by atoms with Gasteiger partial charge in [0.15, 0.2) is 0 Å². The van der Waals surface area contributed by atoms with Gasteiger partial charge in [0.05, 0.1) is 23.4 Å². The van der Waals surface area contributed by atoms with Crippen LogP contribution in [0.2, 0.25) is 0 Å². The summed E-state index contributed by atoms with van der Waals surface area (Å²) in [4.78, 5) is 32.2. The largest absolute Gasteiger partial charge is 0.462 e. The number of carbonyl (C=O) groups excluding carboxylic acids is 2. The number of para-hydroxylation sites is 2. The minimum absolute atomic E-state index is 0.0857. The molecular weight excluding hydrogens is 382 g/mol. The normalized spacial score (nSPS) is 10.3. The molecule has 148 valence electrons. The standard InChI is InChI=1S/C20H16F2N4O3/c1-2-29-19(28)13-6-3-4-9-16(13)25-18(27)12-10-23-20(24-11-12)26-17-14(21)7-5-8-15(17)22/h3-11H,2H2,1H3,(H,25,27)(H,23,24,26). The van der Waals surface area contributed by atoms with Crippen LogP contribution >= 0.6 is 0 Å². The number of halogens is 2. The van der Waals surface area contributed by atoms with Crippen LogP contribution in [-0.4, -0.2) is 28.5 Å². The monoisotopic (exact) mass is 398 g/mol. The van der Waals surface area contributed by atoms with Gasteiger partial charge in [-0.1, -0.05) is 18.2 Å². The molecule has 0 atom stereocenters. The number of nitrogens with one attached hydrogen (secondary N) is 2. The van der Waals surface area contributed by atoms with Gasteiger partial charge in [0.25, 0.3) is 5.91 Å². The van der Waals surface area contributed by atoms with Crippen LogP contribution in [0.5, 0.6) is 0 Å². The lowest BCUT2D eigenvalue weighted by Crippen LogP contribution is -2.16. The highest BCUT2D eigenvalue weighted by Gasteiger charge is 2.16. The van der Waals surface area contributed by atoms with Crippen molar-refractivity contribution in [1.29, 1.82) is 0 Å². The maximum absolute atomic E-state index is 13.7. The van der Waals surface area contributed by atoms with E-state index in [0.717, 1.165) is 12.1 Å². The van der Waals surface area contributed by atoms with Crippen LogP contribution in [0.3, 0.4) is 0 Å². The lowest BCUT2D eigenvalue weighted by molar-refractivity contribution is 0.0527. The van der Waals surface area contributed by atoms with E-state index < -0.39 is 29.2 Å². The summed E-state index contributed by atoms with van der Waals surface area (Å²) in [6.45, 7) is 1.88. The predicted molar refractivity (Wildman–Crippen MR) is 102 cm³/mol. The molecular formula is C20H16F2N4O3. The Kier molecular flexibility index (Phi) is 6.08. The van der Waals surface area contributed by atoms with Crippen LogP contribution in [0.1, 0.15) is 27.6 Å². The number of anilines is 3. The zero-order valence-electron chi connectivity index (χ0n) is 15.3. The summed E-state index contributed by atoms with van der Waals surface area (Å²) in [6.07, 6.45) is 2.38. The Morgan fingerprint density at radius 1 is 1.00 bits per heavy atom. The summed E-state index contributed by atoms with van der Waals surface area (Å²) >= 11 is 0. The number of hydrogen-bond donors (Lipinski definition) is 2. The van der Waals surface area contributed by atoms with Crippen molar-refractivity contribution in [3.05, 3.63) is 77.6 Å². The molecule has 1 heterocycles. The van der Waals surface area contributed by atoms with E-state index in [1.165, 1.54) is 24.5 Å². The molecule has 0 saturated carbocycles. The van der Waals surface area contributed by atoms with Crippen LogP contribution in [0, 0.1) is 11.6 Å². The quantitative estimate of drug-likeness (QED) is 0.611. The fourth-order valence-corrected chi connectivity index (χ4v) is 2.41. The Morgan fingerprint density at radius 2 is 1.66 bits per heavy atom. The van der Waals surface area contributed by atoms with Gasteiger partial charge in [0.2, 0.25) is 5.95 Å². The van der Waals surface area contributed by atoms with Gasteiger partial charge in [-0.15, -0.1) is 0 Å². The third-order valence-electron chi connectivity index (χ3n) is 3.78. The summed E-state index contributed by atoms with van der Waals surface area (Å²) in [7, 11) is 0. The molecule has 7 nitrogen and oxygen atoms in total. The minimum Gasteiger partial charge on any atom is -0.462 e. The van der Waals surface area contributed by atoms with E-state index in [-0.39, 0.29) is 29.4 Å². The van der Waals surface area contributed by atoms with Gasteiger partial charge in [-0.2, -0.15) is 0 Å². The molecule has 2 N–H and O–H groups in total. The first-order valence-corrected chi connectivity index (χ1v) is 8.60. The summed E-state index contributed by atoms with van der Waals surface area (Å²) in [5, 5.41) is 5.02. The average molecular weight is 398 g/mol. The fourth-order valence-electron chi connectivity index (χ4n) is 2.41. The van der Waals surface area contributed by atoms with Gasteiger partial charge < -0.3 is 15.4 Å². The predicted octanol–water partition coefficient (Wildman–Crippen LogP) is 3.93. The lowest BCUT2D eigenvalue weighted by atomic mass is 10.1. The first-order chi connectivity index (χ1) is 14.0. The van der Waals surface area contributed by atoms with Gasteiger partial charge in [-0.05, 0) is 31.2 Å². The Bertz CT molecular complexity index is 1020. The van der Waals surface area contributed by atoms with E-state index >= 15 is 0 Å². The molecule has 0 radical (unpaired) electrons. The molecule has 3 aromatic rings. The van der Waals surface area contributed by atoms with Crippen molar-refractivity contribution < 1.29 is 23.1 Å². The third-order valence-corrected chi connectivity index (χ3v) is 3.78. The highest BCUT2D eigenvalue weighted by Crippen LogP contribution is 2.21. The molecule has 0 spiro atoms. The number of rotatable bonds is 6. The van der Waals surface area contributed by atoms with Crippen molar-refractivity contribution in [2.24, 2.45) is 0 Å². The van der Waals surface area contributed by atoms with Crippen LogP contribution in [0.4, 0.5) is 26.1 Å². The third kappa shape index (κ3) is 4.70. The van der Waals surface area contributed by atoms with Gasteiger partial charge in [-0.25, -0.2) is 23.5 Å². The fraction of sp³-hybridized carbons (Fsp3) is 0.100. The zero-order valence-corrected chi connectivity index (χ0v) is 15.3. The van der Waals surface area contributed by atoms with Crippen molar-refractivity contribution >= 4 is 29.2 Å². The molecule has 0 fully saturated rings. The molecule has 0 aliphatic carbocycles. The van der Waals surface area contributed by atoms with Crippen molar-refractivity contribution in [2.75, 3.05) is 17.2 Å².